The minimum atomic E-state index is -1.04. The third kappa shape index (κ3) is 5.00. The average Bonchev–Trinajstić information content (AvgIpc) is 3.23. The van der Waals surface area contributed by atoms with E-state index in [2.05, 4.69) is 4.90 Å². The molecule has 162 valence electrons. The number of aromatic carboxylic acids is 1. The van der Waals surface area contributed by atoms with E-state index in [1.54, 1.807) is 11.4 Å². The monoisotopic (exact) mass is 433 g/mol. The average molecular weight is 434 g/mol. The number of aliphatic hydroxyl groups excluding tert-OH is 1. The molecule has 0 bridgehead atoms. The second-order valence-corrected chi connectivity index (χ2v) is 8.27. The second kappa shape index (κ2) is 10.1. The van der Waals surface area contributed by atoms with Gasteiger partial charge in [-0.25, -0.2) is 4.79 Å². The summed E-state index contributed by atoms with van der Waals surface area (Å²) < 4.78 is 10.9. The fourth-order valence-corrected chi connectivity index (χ4v) is 4.53. The lowest BCUT2D eigenvalue weighted by Crippen LogP contribution is -2.50. The van der Waals surface area contributed by atoms with Gasteiger partial charge in [0.1, 0.15) is 18.5 Å². The molecule has 1 aromatic heterocycles. The van der Waals surface area contributed by atoms with Gasteiger partial charge in [-0.2, -0.15) is 0 Å². The Morgan fingerprint density at radius 1 is 1.20 bits per heavy atom. The molecule has 3 rings (SSSR count). The fourth-order valence-electron chi connectivity index (χ4n) is 3.86. The van der Waals surface area contributed by atoms with E-state index >= 15 is 0 Å². The van der Waals surface area contributed by atoms with Crippen LogP contribution >= 0.6 is 11.3 Å². The molecule has 0 aliphatic carbocycles. The predicted molar refractivity (Wildman–Crippen MR) is 113 cm³/mol. The summed E-state index contributed by atoms with van der Waals surface area (Å²) in [5, 5.41) is 21.1. The van der Waals surface area contributed by atoms with Gasteiger partial charge in [-0.15, -0.1) is 11.3 Å². The van der Waals surface area contributed by atoms with Gasteiger partial charge < -0.3 is 24.6 Å². The van der Waals surface area contributed by atoms with E-state index in [-0.39, 0.29) is 23.2 Å². The molecule has 2 N–H and O–H groups in total. The number of aliphatic hydroxyl groups is 1. The van der Waals surface area contributed by atoms with Crippen LogP contribution in [0.3, 0.4) is 0 Å². The molecule has 7 nitrogen and oxygen atoms in total. The highest BCUT2D eigenvalue weighted by atomic mass is 32.1. The summed E-state index contributed by atoms with van der Waals surface area (Å²) in [6.07, 6.45) is 0.451. The molecule has 2 aromatic rings. The van der Waals surface area contributed by atoms with Gasteiger partial charge in [0, 0.05) is 6.54 Å². The van der Waals surface area contributed by atoms with Crippen LogP contribution in [0.2, 0.25) is 0 Å². The number of nitrogens with zero attached hydrogens (tertiary/aromatic N) is 1. The lowest BCUT2D eigenvalue weighted by molar-refractivity contribution is -0.152. The van der Waals surface area contributed by atoms with Gasteiger partial charge in [0.05, 0.1) is 12.0 Å². The zero-order chi connectivity index (χ0) is 21.6. The molecule has 0 saturated carbocycles. The van der Waals surface area contributed by atoms with Crippen LogP contribution in [-0.2, 0) is 14.9 Å². The van der Waals surface area contributed by atoms with Gasteiger partial charge in [-0.05, 0) is 49.9 Å². The Bertz CT molecular complexity index is 844. The smallest absolute Gasteiger partial charge is 0.349 e. The van der Waals surface area contributed by atoms with Gasteiger partial charge in [0.15, 0.2) is 4.88 Å². The Morgan fingerprint density at radius 2 is 1.90 bits per heavy atom. The quantitative estimate of drug-likeness (QED) is 0.587. The second-order valence-electron chi connectivity index (χ2n) is 7.35. The summed E-state index contributed by atoms with van der Waals surface area (Å²) in [7, 11) is 0. The number of rotatable bonds is 9. The van der Waals surface area contributed by atoms with Crippen LogP contribution in [0.4, 0.5) is 0 Å². The standard InChI is InChI=1S/C22H27NO6S/c1-2-28-21(27)22(16-6-4-3-5-7-16)9-11-23(12-10-22)14-17(24)15-29-18-8-13-30-19(18)20(25)26/h3-8,13,17,24H,2,9-12,14-15H2,1H3,(H,25,26). The number of carboxylic acid groups (broad SMARTS) is 1. The van der Waals surface area contributed by atoms with E-state index in [0.29, 0.717) is 39.1 Å². The van der Waals surface area contributed by atoms with Crippen LogP contribution in [-0.4, -0.2) is 66.0 Å². The SMILES string of the molecule is CCOC(=O)C1(c2ccccc2)CCN(CC(O)COc2ccsc2C(=O)O)CC1. The number of hydrogen-bond acceptors (Lipinski definition) is 7. The first-order chi connectivity index (χ1) is 14.5. The molecule has 1 aromatic carbocycles. The van der Waals surface area contributed by atoms with Gasteiger partial charge in [-0.1, -0.05) is 30.3 Å². The highest BCUT2D eigenvalue weighted by molar-refractivity contribution is 7.12. The molecular weight excluding hydrogens is 406 g/mol. The van der Waals surface area contributed by atoms with Crippen LogP contribution < -0.4 is 4.74 Å². The molecule has 8 heteroatoms. The van der Waals surface area contributed by atoms with Crippen molar-refractivity contribution < 1.29 is 29.3 Å². The Hall–Kier alpha value is -2.42. The largest absolute Gasteiger partial charge is 0.489 e. The zero-order valence-electron chi connectivity index (χ0n) is 17.0. The van der Waals surface area contributed by atoms with Crippen LogP contribution in [0, 0.1) is 0 Å². The van der Waals surface area contributed by atoms with Crippen molar-refractivity contribution in [2.75, 3.05) is 32.8 Å². The predicted octanol–water partition coefficient (Wildman–Crippen LogP) is 2.78. The minimum absolute atomic E-state index is 0.00914. The molecule has 0 spiro atoms. The topological polar surface area (TPSA) is 96.3 Å². The van der Waals surface area contributed by atoms with Crippen molar-refractivity contribution in [1.29, 1.82) is 0 Å². The molecule has 1 unspecified atom stereocenters. The molecule has 1 atom stereocenters. The number of benzene rings is 1. The highest BCUT2D eigenvalue weighted by Crippen LogP contribution is 2.37. The summed E-state index contributed by atoms with van der Waals surface area (Å²) in [6.45, 7) is 3.84. The maximum Gasteiger partial charge on any atom is 0.349 e. The molecule has 1 aliphatic rings. The van der Waals surface area contributed by atoms with Gasteiger partial charge in [-0.3, -0.25) is 4.79 Å². The number of thiophene rings is 1. The fraction of sp³-hybridized carbons (Fsp3) is 0.455. The Morgan fingerprint density at radius 3 is 2.53 bits per heavy atom. The van der Waals surface area contributed by atoms with Crippen LogP contribution in [0.5, 0.6) is 5.75 Å². The van der Waals surface area contributed by atoms with Gasteiger partial charge in [0.25, 0.3) is 0 Å². The molecule has 1 aliphatic heterocycles. The van der Waals surface area contributed by atoms with Gasteiger partial charge in [0.2, 0.25) is 0 Å². The Kier molecular flexibility index (Phi) is 7.47. The highest BCUT2D eigenvalue weighted by Gasteiger charge is 2.44. The number of hydrogen-bond donors (Lipinski definition) is 2. The Labute approximate surface area is 179 Å². The van der Waals surface area contributed by atoms with E-state index in [0.717, 1.165) is 16.9 Å². The van der Waals surface area contributed by atoms with E-state index in [4.69, 9.17) is 14.6 Å². The number of carbonyl (C=O) groups is 2. The van der Waals surface area contributed by atoms with Crippen molar-refractivity contribution in [2.45, 2.75) is 31.3 Å². The Balaban J connectivity index is 1.57. The number of carboxylic acids is 1. The number of esters is 1. The van der Waals surface area contributed by atoms with Crippen molar-refractivity contribution in [2.24, 2.45) is 0 Å². The number of piperidine rings is 1. The summed E-state index contributed by atoms with van der Waals surface area (Å²) in [5.41, 5.74) is 0.299. The van der Waals surface area contributed by atoms with E-state index in [1.165, 1.54) is 0 Å². The molecular formula is C22H27NO6S. The first-order valence-corrected chi connectivity index (χ1v) is 10.9. The summed E-state index contributed by atoms with van der Waals surface area (Å²) in [5.74, 6) is -0.962. The maximum absolute atomic E-state index is 12.8. The van der Waals surface area contributed by atoms with Crippen molar-refractivity contribution in [1.82, 2.24) is 4.90 Å². The number of carbonyl (C=O) groups excluding carboxylic acids is 1. The maximum atomic E-state index is 12.8. The van der Waals surface area contributed by atoms with E-state index < -0.39 is 17.5 Å². The first-order valence-electron chi connectivity index (χ1n) is 10.0. The minimum Gasteiger partial charge on any atom is -0.489 e. The van der Waals surface area contributed by atoms with Gasteiger partial charge >= 0.3 is 11.9 Å². The summed E-state index contributed by atoms with van der Waals surface area (Å²) in [4.78, 5) is 26.2. The normalized spacial score (nSPS) is 17.3. The number of ether oxygens (including phenoxy) is 2. The van der Waals surface area contributed by atoms with Crippen LogP contribution in [0.1, 0.15) is 35.0 Å². The lowest BCUT2D eigenvalue weighted by Gasteiger charge is -2.40. The number of β-amino-alcohol motifs (C(OH)–C–C–N with tert-alkyl or cyclic N) is 1. The third-order valence-electron chi connectivity index (χ3n) is 5.43. The van der Waals surface area contributed by atoms with Crippen molar-refractivity contribution in [3.05, 3.63) is 52.2 Å². The zero-order valence-corrected chi connectivity index (χ0v) is 17.8. The van der Waals surface area contributed by atoms with E-state index in [9.17, 15) is 14.7 Å². The van der Waals surface area contributed by atoms with Crippen molar-refractivity contribution in [3.8, 4) is 5.75 Å². The first kappa shape index (κ1) is 22.3. The van der Waals surface area contributed by atoms with Crippen LogP contribution in [0.15, 0.2) is 41.8 Å². The molecule has 1 fully saturated rings. The van der Waals surface area contributed by atoms with Crippen molar-refractivity contribution in [3.63, 3.8) is 0 Å². The lowest BCUT2D eigenvalue weighted by atomic mass is 9.72. The molecule has 2 heterocycles. The van der Waals surface area contributed by atoms with Crippen molar-refractivity contribution >= 4 is 23.3 Å². The number of likely N-dealkylation sites (tertiary alicyclic amines) is 1. The third-order valence-corrected chi connectivity index (χ3v) is 6.31. The summed E-state index contributed by atoms with van der Waals surface area (Å²) in [6, 6.07) is 11.3. The summed E-state index contributed by atoms with van der Waals surface area (Å²) >= 11 is 1.09. The van der Waals surface area contributed by atoms with Crippen LogP contribution in [0.25, 0.3) is 0 Å². The molecule has 0 radical (unpaired) electrons. The molecule has 0 amide bonds. The molecule has 30 heavy (non-hydrogen) atoms. The van der Waals surface area contributed by atoms with E-state index in [1.807, 2.05) is 37.3 Å². The molecule has 1 saturated heterocycles.